The molecule has 2 aliphatic carbocycles. The van der Waals surface area contributed by atoms with Crippen LogP contribution >= 0.6 is 0 Å². The van der Waals surface area contributed by atoms with Crippen LogP contribution in [-0.4, -0.2) is 11.8 Å². The summed E-state index contributed by atoms with van der Waals surface area (Å²) in [4.78, 5) is 29.3. The first-order valence-electron chi connectivity index (χ1n) is 12.1. The molecule has 3 heteroatoms. The minimum Gasteiger partial charge on any atom is -0.274 e. The summed E-state index contributed by atoms with van der Waals surface area (Å²) < 4.78 is 0. The lowest BCUT2D eigenvalue weighted by Gasteiger charge is -2.22. The van der Waals surface area contributed by atoms with Crippen LogP contribution in [0.5, 0.6) is 0 Å². The Morgan fingerprint density at radius 2 is 1.09 bits per heavy atom. The first kappa shape index (κ1) is 20.2. The lowest BCUT2D eigenvalue weighted by atomic mass is 9.85. The highest BCUT2D eigenvalue weighted by molar-refractivity contribution is 6.26. The second kappa shape index (κ2) is 7.64. The topological polar surface area (TPSA) is 37.4 Å². The smallest absolute Gasteiger partial charge is 0.238 e. The Morgan fingerprint density at radius 3 is 1.69 bits per heavy atom. The minimum atomic E-state index is -0.353. The number of hydrogen-bond acceptors (Lipinski definition) is 2. The lowest BCUT2D eigenvalue weighted by molar-refractivity contribution is -0.122. The number of anilines is 1. The summed E-state index contributed by atoms with van der Waals surface area (Å²) in [5, 5.41) is 1.96. The number of imide groups is 1. The van der Waals surface area contributed by atoms with Crippen LogP contribution in [0.4, 0.5) is 5.69 Å². The van der Waals surface area contributed by atoms with Crippen molar-refractivity contribution < 1.29 is 9.59 Å². The molecule has 0 aromatic heterocycles. The van der Waals surface area contributed by atoms with Crippen LogP contribution in [-0.2, 0) is 9.59 Å². The molecule has 0 unspecified atom stereocenters. The molecular formula is C32H23NO2. The van der Waals surface area contributed by atoms with Gasteiger partial charge in [0.25, 0.3) is 0 Å². The average molecular weight is 454 g/mol. The minimum absolute atomic E-state index is 0.0724. The van der Waals surface area contributed by atoms with Crippen molar-refractivity contribution in [3.05, 3.63) is 132 Å². The number of fused-ring (bicyclic) bond motifs is 6. The van der Waals surface area contributed by atoms with Crippen molar-refractivity contribution in [3.8, 4) is 0 Å². The fourth-order valence-corrected chi connectivity index (χ4v) is 6.45. The Hall–Kier alpha value is -4.24. The van der Waals surface area contributed by atoms with Gasteiger partial charge in [-0.3, -0.25) is 9.59 Å². The maximum atomic E-state index is 13.9. The van der Waals surface area contributed by atoms with Gasteiger partial charge in [-0.25, -0.2) is 4.90 Å². The van der Waals surface area contributed by atoms with Crippen molar-refractivity contribution in [2.45, 2.75) is 0 Å². The maximum Gasteiger partial charge on any atom is 0.238 e. The molecule has 0 radical (unpaired) electrons. The number of carbonyl (C=O) groups is 2. The average Bonchev–Trinajstić information content (AvgIpc) is 3.54. The third kappa shape index (κ3) is 2.85. The van der Waals surface area contributed by atoms with Gasteiger partial charge < -0.3 is 0 Å². The largest absolute Gasteiger partial charge is 0.274 e. The van der Waals surface area contributed by atoms with Gasteiger partial charge in [0.1, 0.15) is 0 Å². The molecule has 168 valence electrons. The van der Waals surface area contributed by atoms with E-state index in [1.807, 2.05) is 78.9 Å². The van der Waals surface area contributed by atoms with E-state index in [1.165, 1.54) is 10.5 Å². The molecule has 1 saturated carbocycles. The van der Waals surface area contributed by atoms with Crippen molar-refractivity contribution in [2.24, 2.45) is 23.7 Å². The van der Waals surface area contributed by atoms with Crippen LogP contribution in [0.2, 0.25) is 0 Å². The summed E-state index contributed by atoms with van der Waals surface area (Å²) >= 11 is 0. The van der Waals surface area contributed by atoms with Gasteiger partial charge in [0, 0.05) is 17.2 Å². The highest BCUT2D eigenvalue weighted by atomic mass is 16.2. The Labute approximate surface area is 204 Å². The third-order valence-electron chi connectivity index (χ3n) is 7.84. The van der Waals surface area contributed by atoms with Crippen LogP contribution in [0.3, 0.4) is 0 Å². The molecule has 2 bridgehead atoms. The predicted molar refractivity (Wildman–Crippen MR) is 138 cm³/mol. The standard InChI is InChI=1S/C32H23NO2/c34-31-29-24-18-19-25(28(24)27(21-11-3-1-4-12-21)22-13-5-2-6-14-22)30(29)32(35)33(31)26-17-9-15-20-10-7-8-16-23(20)26/h1-19,24-25,29-30H/t24-,25-,29-,30+/m0/s1. The molecule has 7 rings (SSSR count). The Morgan fingerprint density at radius 1 is 0.571 bits per heavy atom. The molecule has 35 heavy (non-hydrogen) atoms. The monoisotopic (exact) mass is 453 g/mol. The normalized spacial score (nSPS) is 24.5. The summed E-state index contributed by atoms with van der Waals surface area (Å²) in [6, 6.07) is 34.5. The summed E-state index contributed by atoms with van der Waals surface area (Å²) in [6.45, 7) is 0. The number of benzene rings is 4. The number of carbonyl (C=O) groups excluding carboxylic acids is 2. The van der Waals surface area contributed by atoms with E-state index >= 15 is 0 Å². The van der Waals surface area contributed by atoms with Crippen molar-refractivity contribution in [1.29, 1.82) is 0 Å². The van der Waals surface area contributed by atoms with Gasteiger partial charge >= 0.3 is 0 Å². The molecule has 1 saturated heterocycles. The van der Waals surface area contributed by atoms with Crippen LogP contribution in [0.25, 0.3) is 16.3 Å². The summed E-state index contributed by atoms with van der Waals surface area (Å²) in [5.41, 5.74) is 5.30. The molecule has 4 aromatic rings. The summed E-state index contributed by atoms with van der Waals surface area (Å²) in [7, 11) is 0. The number of nitrogens with zero attached hydrogens (tertiary/aromatic N) is 1. The zero-order valence-electron chi connectivity index (χ0n) is 19.0. The van der Waals surface area contributed by atoms with Crippen molar-refractivity contribution >= 4 is 33.8 Å². The number of allylic oxidation sites excluding steroid dienone is 3. The van der Waals surface area contributed by atoms with Crippen LogP contribution in [0.1, 0.15) is 11.1 Å². The molecule has 4 atom stereocenters. The van der Waals surface area contributed by atoms with Gasteiger partial charge in [-0.1, -0.05) is 109 Å². The Bertz CT molecular complexity index is 1470. The van der Waals surface area contributed by atoms with E-state index < -0.39 is 0 Å². The molecule has 2 fully saturated rings. The predicted octanol–water partition coefficient (Wildman–Crippen LogP) is 6.26. The third-order valence-corrected chi connectivity index (χ3v) is 7.84. The number of amides is 2. The molecular weight excluding hydrogens is 430 g/mol. The Kier molecular flexibility index (Phi) is 4.40. The zero-order valence-corrected chi connectivity index (χ0v) is 19.0. The second-order valence-electron chi connectivity index (χ2n) is 9.56. The van der Waals surface area contributed by atoms with E-state index in [0.29, 0.717) is 5.69 Å². The second-order valence-corrected chi connectivity index (χ2v) is 9.56. The van der Waals surface area contributed by atoms with Gasteiger partial charge in [0.2, 0.25) is 11.8 Å². The van der Waals surface area contributed by atoms with E-state index in [1.54, 1.807) is 0 Å². The van der Waals surface area contributed by atoms with Gasteiger partial charge in [-0.15, -0.1) is 0 Å². The van der Waals surface area contributed by atoms with E-state index in [0.717, 1.165) is 27.5 Å². The first-order valence-corrected chi connectivity index (χ1v) is 12.1. The van der Waals surface area contributed by atoms with Crippen molar-refractivity contribution in [1.82, 2.24) is 0 Å². The highest BCUT2D eigenvalue weighted by Crippen LogP contribution is 2.59. The number of hydrogen-bond donors (Lipinski definition) is 0. The van der Waals surface area contributed by atoms with E-state index in [2.05, 4.69) is 36.4 Å². The van der Waals surface area contributed by atoms with Gasteiger partial charge in [-0.2, -0.15) is 0 Å². The molecule has 0 N–H and O–H groups in total. The van der Waals surface area contributed by atoms with Gasteiger partial charge in [0.15, 0.2) is 0 Å². The van der Waals surface area contributed by atoms with Crippen molar-refractivity contribution in [2.75, 3.05) is 4.90 Å². The Balaban J connectivity index is 1.38. The maximum absolute atomic E-state index is 13.9. The molecule has 1 heterocycles. The molecule has 2 amide bonds. The van der Waals surface area contributed by atoms with E-state index in [4.69, 9.17) is 0 Å². The molecule has 3 aliphatic rings. The van der Waals surface area contributed by atoms with Gasteiger partial charge in [-0.05, 0) is 33.7 Å². The fraction of sp³-hybridized carbons (Fsp3) is 0.125. The lowest BCUT2D eigenvalue weighted by Crippen LogP contribution is -2.33. The zero-order chi connectivity index (χ0) is 23.5. The first-order chi connectivity index (χ1) is 17.2. The summed E-state index contributed by atoms with van der Waals surface area (Å²) in [5.74, 6) is -1.01. The molecule has 0 spiro atoms. The van der Waals surface area contributed by atoms with Crippen molar-refractivity contribution in [3.63, 3.8) is 0 Å². The SMILES string of the molecule is O=C1[C@@H]2[C@H](C(=O)N1c1cccc3ccccc13)[C@H]1C=C[C@H]2C1=C(c1ccccc1)c1ccccc1. The van der Waals surface area contributed by atoms with Crippen LogP contribution in [0.15, 0.2) is 121 Å². The van der Waals surface area contributed by atoms with Crippen LogP contribution < -0.4 is 4.90 Å². The molecule has 4 aromatic carbocycles. The molecule has 3 nitrogen and oxygen atoms in total. The molecule has 1 aliphatic heterocycles. The van der Waals surface area contributed by atoms with E-state index in [9.17, 15) is 9.59 Å². The highest BCUT2D eigenvalue weighted by Gasteiger charge is 2.62. The fourth-order valence-electron chi connectivity index (χ4n) is 6.45. The summed E-state index contributed by atoms with van der Waals surface area (Å²) in [6.07, 6.45) is 4.32. The van der Waals surface area contributed by atoms with Crippen LogP contribution in [0, 0.1) is 23.7 Å². The van der Waals surface area contributed by atoms with E-state index in [-0.39, 0.29) is 35.5 Å². The quantitative estimate of drug-likeness (QED) is 0.271. The van der Waals surface area contributed by atoms with Gasteiger partial charge in [0.05, 0.1) is 17.5 Å². The number of rotatable bonds is 3.